The Hall–Kier alpha value is -2.04. The van der Waals surface area contributed by atoms with Crippen molar-refractivity contribution >= 4 is 51.1 Å². The van der Waals surface area contributed by atoms with Gasteiger partial charge in [0.05, 0.1) is 21.7 Å². The van der Waals surface area contributed by atoms with Crippen molar-refractivity contribution in [1.29, 1.82) is 0 Å². The van der Waals surface area contributed by atoms with Gasteiger partial charge < -0.3 is 17.2 Å². The van der Waals surface area contributed by atoms with Gasteiger partial charge in [-0.2, -0.15) is 4.99 Å². The van der Waals surface area contributed by atoms with E-state index in [0.29, 0.717) is 17.1 Å². The molecule has 0 aromatic heterocycles. The second-order valence-corrected chi connectivity index (χ2v) is 8.63. The van der Waals surface area contributed by atoms with Crippen LogP contribution in [-0.4, -0.2) is 36.7 Å². The molecule has 1 aliphatic rings. The Kier molecular flexibility index (Phi) is 6.55. The van der Waals surface area contributed by atoms with E-state index in [9.17, 15) is 18.0 Å². The van der Waals surface area contributed by atoms with Crippen molar-refractivity contribution in [3.8, 4) is 0 Å². The highest BCUT2D eigenvalue weighted by atomic mass is 35.5. The number of aliphatic imine (C=N–C) groups is 1. The minimum atomic E-state index is -4.43. The lowest BCUT2D eigenvalue weighted by Gasteiger charge is -2.32. The zero-order chi connectivity index (χ0) is 20.4. The number of hydrogen-bond donors (Lipinski definition) is 3. The summed E-state index contributed by atoms with van der Waals surface area (Å²) in [5, 5.41) is -0.402. The molecular formula is C15H19Cl2N5O4S. The number of nitrogens with two attached hydrogens (primary N) is 3. The van der Waals surface area contributed by atoms with Crippen LogP contribution in [0.5, 0.6) is 0 Å². The number of carbonyl (C=O) groups excluding carboxylic acids is 2. The van der Waals surface area contributed by atoms with Crippen LogP contribution < -0.4 is 17.2 Å². The Morgan fingerprint density at radius 3 is 2.15 bits per heavy atom. The zero-order valence-electron chi connectivity index (χ0n) is 14.2. The lowest BCUT2D eigenvalue weighted by molar-refractivity contribution is 0.100. The highest BCUT2D eigenvalue weighted by molar-refractivity contribution is 7.89. The Morgan fingerprint density at radius 1 is 1.04 bits per heavy atom. The van der Waals surface area contributed by atoms with Crippen molar-refractivity contribution in [3.05, 3.63) is 27.7 Å². The molecule has 2 rings (SSSR count). The zero-order valence-corrected chi connectivity index (χ0v) is 16.5. The smallest absolute Gasteiger partial charge is 0.328 e. The largest absolute Gasteiger partial charge is 0.370 e. The molecule has 1 fully saturated rings. The van der Waals surface area contributed by atoms with Gasteiger partial charge in [0.15, 0.2) is 5.96 Å². The molecule has 6 N–H and O–H groups in total. The van der Waals surface area contributed by atoms with Crippen molar-refractivity contribution in [1.82, 2.24) is 4.31 Å². The summed E-state index contributed by atoms with van der Waals surface area (Å²) in [7, 11) is -4.43. The summed E-state index contributed by atoms with van der Waals surface area (Å²) in [4.78, 5) is 26.9. The molecule has 0 heterocycles. The molecule has 27 heavy (non-hydrogen) atoms. The quantitative estimate of drug-likeness (QED) is 0.482. The molecule has 148 valence electrons. The average Bonchev–Trinajstić information content (AvgIpc) is 2.54. The molecule has 0 spiro atoms. The third kappa shape index (κ3) is 4.63. The normalized spacial score (nSPS) is 15.2. The van der Waals surface area contributed by atoms with Crippen LogP contribution in [0.25, 0.3) is 0 Å². The van der Waals surface area contributed by atoms with E-state index in [-0.39, 0.29) is 15.6 Å². The number of urea groups is 1. The fourth-order valence-corrected chi connectivity index (χ4v) is 5.37. The molecule has 0 radical (unpaired) electrons. The lowest BCUT2D eigenvalue weighted by Crippen LogP contribution is -2.48. The second kappa shape index (κ2) is 8.32. The molecule has 0 aliphatic heterocycles. The van der Waals surface area contributed by atoms with Crippen molar-refractivity contribution < 1.29 is 18.0 Å². The third-order valence-corrected chi connectivity index (χ3v) is 6.77. The minimum absolute atomic E-state index is 0.141. The van der Waals surface area contributed by atoms with Gasteiger partial charge in [-0.3, -0.25) is 4.79 Å². The van der Waals surface area contributed by atoms with E-state index in [4.69, 9.17) is 40.4 Å². The highest BCUT2D eigenvalue weighted by Crippen LogP contribution is 2.34. The maximum Gasteiger partial charge on any atom is 0.328 e. The molecule has 9 nitrogen and oxygen atoms in total. The molecule has 0 unspecified atom stereocenters. The summed E-state index contributed by atoms with van der Waals surface area (Å²) in [6.45, 7) is 0. The lowest BCUT2D eigenvalue weighted by atomic mass is 9.96. The Bertz CT molecular complexity index is 894. The van der Waals surface area contributed by atoms with Crippen molar-refractivity contribution in [2.45, 2.75) is 43.0 Å². The summed E-state index contributed by atoms with van der Waals surface area (Å²) in [6, 6.07) is 0.314. The molecule has 1 aromatic carbocycles. The molecule has 1 aromatic rings. The molecular weight excluding hydrogens is 417 g/mol. The first-order valence-electron chi connectivity index (χ1n) is 8.02. The highest BCUT2D eigenvalue weighted by Gasteiger charge is 2.37. The first-order chi connectivity index (χ1) is 12.6. The summed E-state index contributed by atoms with van der Waals surface area (Å²) in [6.07, 6.45) is 3.47. The van der Waals surface area contributed by atoms with Crippen molar-refractivity contribution in [3.63, 3.8) is 0 Å². The van der Waals surface area contributed by atoms with Crippen molar-refractivity contribution in [2.75, 3.05) is 0 Å². The topological polar surface area (TPSA) is 162 Å². The van der Waals surface area contributed by atoms with Gasteiger partial charge in [-0.05, 0) is 25.0 Å². The molecule has 3 amide bonds. The van der Waals surface area contributed by atoms with Gasteiger partial charge in [0, 0.05) is 0 Å². The van der Waals surface area contributed by atoms with Crippen LogP contribution in [0.15, 0.2) is 22.0 Å². The van der Waals surface area contributed by atoms with Crippen LogP contribution in [-0.2, 0) is 10.0 Å². The first kappa shape index (κ1) is 21.3. The molecule has 1 saturated carbocycles. The summed E-state index contributed by atoms with van der Waals surface area (Å²) < 4.78 is 26.8. The SMILES string of the molecule is NC(=O)N(C1CCCCC1)S(=O)(=O)c1cc(C(=O)N=C(N)N)c(Cl)cc1Cl. The van der Waals surface area contributed by atoms with Gasteiger partial charge in [0.25, 0.3) is 15.9 Å². The van der Waals surface area contributed by atoms with Gasteiger partial charge in [-0.1, -0.05) is 42.5 Å². The molecule has 0 saturated heterocycles. The number of sulfonamides is 1. The number of primary amides is 1. The minimum Gasteiger partial charge on any atom is -0.370 e. The van der Waals surface area contributed by atoms with Crippen LogP contribution in [0.1, 0.15) is 42.5 Å². The van der Waals surface area contributed by atoms with Gasteiger partial charge >= 0.3 is 6.03 Å². The number of hydrogen-bond acceptors (Lipinski definition) is 4. The van der Waals surface area contributed by atoms with Gasteiger partial charge in [-0.25, -0.2) is 17.5 Å². The summed E-state index contributed by atoms with van der Waals surface area (Å²) >= 11 is 12.0. The van der Waals surface area contributed by atoms with Crippen LogP contribution in [0, 0.1) is 0 Å². The van der Waals surface area contributed by atoms with Crippen LogP contribution in [0.4, 0.5) is 4.79 Å². The Balaban J connectivity index is 2.58. The molecule has 0 bridgehead atoms. The average molecular weight is 436 g/mol. The number of nitrogens with zero attached hydrogens (tertiary/aromatic N) is 2. The number of halogens is 2. The first-order valence-corrected chi connectivity index (χ1v) is 10.2. The van der Waals surface area contributed by atoms with Crippen LogP contribution in [0.3, 0.4) is 0 Å². The molecule has 1 aliphatic carbocycles. The Labute approximate surface area is 166 Å². The van der Waals surface area contributed by atoms with Crippen LogP contribution >= 0.6 is 23.2 Å². The predicted molar refractivity (Wildman–Crippen MR) is 102 cm³/mol. The third-order valence-electron chi connectivity index (χ3n) is 4.14. The predicted octanol–water partition coefficient (Wildman–Crippen LogP) is 1.81. The van der Waals surface area contributed by atoms with E-state index in [1.165, 1.54) is 0 Å². The van der Waals surface area contributed by atoms with Gasteiger partial charge in [0.1, 0.15) is 4.90 Å². The number of guanidine groups is 1. The fraction of sp³-hybridized carbons (Fsp3) is 0.400. The molecule has 12 heteroatoms. The van der Waals surface area contributed by atoms with E-state index in [0.717, 1.165) is 31.4 Å². The second-order valence-electron chi connectivity index (χ2n) is 6.04. The van der Waals surface area contributed by atoms with Gasteiger partial charge in [0.2, 0.25) is 0 Å². The standard InChI is InChI=1S/C15H19Cl2N5O4S/c16-10-7-11(17)12(6-9(10)13(23)21-14(18)19)27(25,26)22(15(20)24)8-4-2-1-3-5-8/h6-8H,1-5H2,(H2,20,24)(H4,18,19,21,23). The van der Waals surface area contributed by atoms with E-state index in [2.05, 4.69) is 4.99 Å². The number of benzene rings is 1. The summed E-state index contributed by atoms with van der Waals surface area (Å²) in [5.74, 6) is -1.47. The van der Waals surface area contributed by atoms with E-state index in [1.807, 2.05) is 0 Å². The Morgan fingerprint density at radius 2 is 1.63 bits per heavy atom. The number of rotatable bonds is 4. The van der Waals surface area contributed by atoms with Crippen LogP contribution in [0.2, 0.25) is 10.0 Å². The maximum absolute atomic E-state index is 13.1. The van der Waals surface area contributed by atoms with E-state index >= 15 is 0 Å². The number of amides is 3. The monoisotopic (exact) mass is 435 g/mol. The van der Waals surface area contributed by atoms with E-state index in [1.54, 1.807) is 0 Å². The fourth-order valence-electron chi connectivity index (χ4n) is 2.98. The summed E-state index contributed by atoms with van der Waals surface area (Å²) in [5.41, 5.74) is 15.4. The maximum atomic E-state index is 13.1. The molecule has 0 atom stereocenters. The number of carbonyl (C=O) groups is 2. The van der Waals surface area contributed by atoms with E-state index < -0.39 is 38.9 Å². The van der Waals surface area contributed by atoms with Crippen molar-refractivity contribution in [2.24, 2.45) is 22.2 Å². The van der Waals surface area contributed by atoms with Gasteiger partial charge in [-0.15, -0.1) is 0 Å².